The van der Waals surface area contributed by atoms with E-state index >= 15 is 0 Å². The predicted octanol–water partition coefficient (Wildman–Crippen LogP) is 1.53. The van der Waals surface area contributed by atoms with Crippen LogP contribution in [-0.2, 0) is 16.9 Å². The molecule has 0 aliphatic rings. The summed E-state index contributed by atoms with van der Waals surface area (Å²) >= 11 is 1.60. The Labute approximate surface area is 88.7 Å². The summed E-state index contributed by atoms with van der Waals surface area (Å²) in [4.78, 5) is 0. The van der Waals surface area contributed by atoms with Gasteiger partial charge in [-0.2, -0.15) is 0 Å². The molecule has 1 N–H and O–H groups in total. The van der Waals surface area contributed by atoms with Gasteiger partial charge in [0.05, 0.1) is 0 Å². The zero-order valence-electron chi connectivity index (χ0n) is 9.13. The third kappa shape index (κ3) is 2.29. The quantitative estimate of drug-likeness (QED) is 0.809. The predicted molar refractivity (Wildman–Crippen MR) is 57.3 cm³/mol. The Morgan fingerprint density at radius 1 is 1.50 bits per heavy atom. The molecular formula is C9H17N3OS. The molecule has 5 heteroatoms. The zero-order chi connectivity index (χ0) is 10.6. The minimum atomic E-state index is -0.288. The minimum absolute atomic E-state index is 0.288. The Hall–Kier alpha value is -0.520. The largest absolute Gasteiger partial charge is 0.371 e. The van der Waals surface area contributed by atoms with Crippen molar-refractivity contribution in [2.75, 3.05) is 14.2 Å². The van der Waals surface area contributed by atoms with E-state index in [-0.39, 0.29) is 5.60 Å². The van der Waals surface area contributed by atoms with Crippen molar-refractivity contribution < 1.29 is 4.74 Å². The molecule has 14 heavy (non-hydrogen) atoms. The van der Waals surface area contributed by atoms with Gasteiger partial charge in [-0.25, -0.2) is 0 Å². The second-order valence-electron chi connectivity index (χ2n) is 3.32. The molecule has 1 heterocycles. The van der Waals surface area contributed by atoms with Crippen LogP contribution in [0.25, 0.3) is 0 Å². The van der Waals surface area contributed by atoms with Crippen molar-refractivity contribution in [1.82, 2.24) is 15.5 Å². The number of rotatable bonds is 5. The van der Waals surface area contributed by atoms with E-state index in [0.717, 1.165) is 23.0 Å². The van der Waals surface area contributed by atoms with Crippen molar-refractivity contribution in [1.29, 1.82) is 0 Å². The second-order valence-corrected chi connectivity index (χ2v) is 4.38. The molecule has 1 aromatic rings. The van der Waals surface area contributed by atoms with Crippen LogP contribution >= 0.6 is 11.3 Å². The molecule has 0 amide bonds. The third-order valence-corrected chi connectivity index (χ3v) is 3.54. The molecule has 0 aliphatic heterocycles. The van der Waals surface area contributed by atoms with Crippen LogP contribution in [0.3, 0.4) is 0 Å². The van der Waals surface area contributed by atoms with Crippen LogP contribution in [0.2, 0.25) is 0 Å². The molecule has 4 nitrogen and oxygen atoms in total. The summed E-state index contributed by atoms with van der Waals surface area (Å²) < 4.78 is 5.45. The average molecular weight is 215 g/mol. The van der Waals surface area contributed by atoms with Gasteiger partial charge < -0.3 is 10.1 Å². The molecular weight excluding hydrogens is 198 g/mol. The number of aromatic nitrogens is 2. The minimum Gasteiger partial charge on any atom is -0.371 e. The van der Waals surface area contributed by atoms with Gasteiger partial charge in [-0.05, 0) is 20.4 Å². The Balaban J connectivity index is 2.84. The zero-order valence-corrected chi connectivity index (χ0v) is 9.94. The number of methoxy groups -OCH3 is 1. The van der Waals surface area contributed by atoms with Gasteiger partial charge in [0.1, 0.15) is 15.6 Å². The first-order valence-corrected chi connectivity index (χ1v) is 5.50. The maximum absolute atomic E-state index is 5.45. The fraction of sp³-hybridized carbons (Fsp3) is 0.778. The molecule has 1 aromatic heterocycles. The van der Waals surface area contributed by atoms with E-state index < -0.39 is 0 Å². The van der Waals surface area contributed by atoms with Crippen molar-refractivity contribution in [2.45, 2.75) is 32.4 Å². The molecule has 1 unspecified atom stereocenters. The highest BCUT2D eigenvalue weighted by molar-refractivity contribution is 7.11. The highest BCUT2D eigenvalue weighted by Gasteiger charge is 2.28. The standard InChI is InChI=1S/C9H17N3OS/c1-5-9(2,13-4)8-12-11-7(14-8)6-10-3/h10H,5-6H2,1-4H3. The second kappa shape index (κ2) is 4.82. The van der Waals surface area contributed by atoms with Crippen LogP contribution in [0, 0.1) is 0 Å². The Kier molecular flexibility index (Phi) is 3.97. The van der Waals surface area contributed by atoms with Gasteiger partial charge in [0.2, 0.25) is 0 Å². The van der Waals surface area contributed by atoms with Gasteiger partial charge in [0, 0.05) is 13.7 Å². The highest BCUT2D eigenvalue weighted by Crippen LogP contribution is 2.30. The van der Waals surface area contributed by atoms with Crippen molar-refractivity contribution >= 4 is 11.3 Å². The molecule has 80 valence electrons. The molecule has 0 aliphatic carbocycles. The molecule has 0 spiro atoms. The van der Waals surface area contributed by atoms with Gasteiger partial charge in [-0.3, -0.25) is 0 Å². The first kappa shape index (κ1) is 11.6. The highest BCUT2D eigenvalue weighted by atomic mass is 32.1. The van der Waals surface area contributed by atoms with Gasteiger partial charge in [-0.15, -0.1) is 10.2 Å². The molecule has 0 aromatic carbocycles. The Morgan fingerprint density at radius 3 is 2.71 bits per heavy atom. The average Bonchev–Trinajstić information content (AvgIpc) is 2.66. The van der Waals surface area contributed by atoms with Gasteiger partial charge in [0.15, 0.2) is 0 Å². The fourth-order valence-electron chi connectivity index (χ4n) is 1.07. The molecule has 0 bridgehead atoms. The molecule has 0 saturated carbocycles. The van der Waals surface area contributed by atoms with E-state index in [9.17, 15) is 0 Å². The molecule has 0 saturated heterocycles. The summed E-state index contributed by atoms with van der Waals surface area (Å²) in [5.74, 6) is 0. The van der Waals surface area contributed by atoms with E-state index in [2.05, 4.69) is 22.4 Å². The normalized spacial score (nSPS) is 15.4. The molecule has 0 radical (unpaired) electrons. The molecule has 0 fully saturated rings. The van der Waals surface area contributed by atoms with Gasteiger partial charge in [-0.1, -0.05) is 18.3 Å². The van der Waals surface area contributed by atoms with Crippen LogP contribution in [0.4, 0.5) is 0 Å². The summed E-state index contributed by atoms with van der Waals surface area (Å²) in [5.41, 5.74) is -0.288. The lowest BCUT2D eigenvalue weighted by Crippen LogP contribution is -2.22. The number of nitrogens with zero attached hydrogens (tertiary/aromatic N) is 2. The van der Waals surface area contributed by atoms with Crippen LogP contribution in [-0.4, -0.2) is 24.4 Å². The number of hydrogen-bond acceptors (Lipinski definition) is 5. The first-order valence-electron chi connectivity index (χ1n) is 4.69. The SMILES string of the molecule is CCC(C)(OC)c1nnc(CNC)s1. The van der Waals surface area contributed by atoms with Crippen molar-refractivity contribution in [3.63, 3.8) is 0 Å². The van der Waals surface area contributed by atoms with E-state index in [1.807, 2.05) is 14.0 Å². The van der Waals surface area contributed by atoms with E-state index in [0.29, 0.717) is 0 Å². The Bertz CT molecular complexity index is 283. The van der Waals surface area contributed by atoms with Gasteiger partial charge in [0.25, 0.3) is 0 Å². The van der Waals surface area contributed by atoms with Gasteiger partial charge >= 0.3 is 0 Å². The monoisotopic (exact) mass is 215 g/mol. The lowest BCUT2D eigenvalue weighted by molar-refractivity contribution is -0.00207. The third-order valence-electron chi connectivity index (χ3n) is 2.37. The maximum Gasteiger partial charge on any atom is 0.149 e. The van der Waals surface area contributed by atoms with Crippen molar-refractivity contribution in [3.05, 3.63) is 10.0 Å². The van der Waals surface area contributed by atoms with Crippen LogP contribution in [0.1, 0.15) is 30.3 Å². The molecule has 1 atom stereocenters. The lowest BCUT2D eigenvalue weighted by Gasteiger charge is -2.22. The smallest absolute Gasteiger partial charge is 0.149 e. The maximum atomic E-state index is 5.45. The molecule has 1 rings (SSSR count). The number of hydrogen-bond donors (Lipinski definition) is 1. The Morgan fingerprint density at radius 2 is 2.21 bits per heavy atom. The summed E-state index contributed by atoms with van der Waals surface area (Å²) in [5, 5.41) is 13.2. The van der Waals surface area contributed by atoms with Crippen molar-refractivity contribution in [3.8, 4) is 0 Å². The topological polar surface area (TPSA) is 47.0 Å². The van der Waals surface area contributed by atoms with E-state index in [4.69, 9.17) is 4.74 Å². The van der Waals surface area contributed by atoms with E-state index in [1.165, 1.54) is 0 Å². The summed E-state index contributed by atoms with van der Waals surface area (Å²) in [6, 6.07) is 0. The lowest BCUT2D eigenvalue weighted by atomic mass is 10.1. The van der Waals surface area contributed by atoms with Crippen LogP contribution in [0.5, 0.6) is 0 Å². The van der Waals surface area contributed by atoms with Crippen molar-refractivity contribution in [2.24, 2.45) is 0 Å². The van der Waals surface area contributed by atoms with Crippen LogP contribution < -0.4 is 5.32 Å². The summed E-state index contributed by atoms with van der Waals surface area (Å²) in [6.07, 6.45) is 0.900. The fourth-order valence-corrected chi connectivity index (χ4v) is 2.12. The number of ether oxygens (including phenoxy) is 1. The first-order chi connectivity index (χ1) is 6.66. The van der Waals surface area contributed by atoms with Crippen LogP contribution in [0.15, 0.2) is 0 Å². The van der Waals surface area contributed by atoms with E-state index in [1.54, 1.807) is 18.4 Å². The summed E-state index contributed by atoms with van der Waals surface area (Å²) in [7, 11) is 3.61. The number of nitrogens with one attached hydrogen (secondary N) is 1. The summed E-state index contributed by atoms with van der Waals surface area (Å²) in [6.45, 7) is 4.89.